The van der Waals surface area contributed by atoms with Crippen molar-refractivity contribution in [2.75, 3.05) is 4.90 Å². The number of nitrogens with zero attached hydrogens (tertiary/aromatic N) is 2. The van der Waals surface area contributed by atoms with Gasteiger partial charge in [0.1, 0.15) is 0 Å². The Morgan fingerprint density at radius 2 is 1.41 bits per heavy atom. The van der Waals surface area contributed by atoms with Gasteiger partial charge in [-0.25, -0.2) is 0 Å². The highest BCUT2D eigenvalue weighted by molar-refractivity contribution is 7.00. The van der Waals surface area contributed by atoms with Crippen LogP contribution >= 0.6 is 0 Å². The standard InChI is InChI=1S/C34H25BN2/c1-2-9-21-20(8-1)18-19-25-24-12-6-14-27-34(24)37(32(21)25)30-17-7-16-29-31(30)35(27)26-13-5-11-23-22-10-3-4-15-28(22)36(29)33(23)26/h1-2,5-9,11-14,16-19,22,28H,3-4,10,15H2. The number of aromatic nitrogens is 1. The van der Waals surface area contributed by atoms with Crippen LogP contribution in [0.1, 0.15) is 37.2 Å². The van der Waals surface area contributed by atoms with Gasteiger partial charge < -0.3 is 9.47 Å². The minimum Gasteiger partial charge on any atom is -0.338 e. The van der Waals surface area contributed by atoms with Crippen molar-refractivity contribution in [2.24, 2.45) is 0 Å². The van der Waals surface area contributed by atoms with Crippen molar-refractivity contribution in [1.29, 1.82) is 0 Å². The topological polar surface area (TPSA) is 8.17 Å². The Morgan fingerprint density at radius 1 is 0.622 bits per heavy atom. The molecule has 1 fully saturated rings. The van der Waals surface area contributed by atoms with Crippen molar-refractivity contribution in [3.05, 3.63) is 96.6 Å². The largest absolute Gasteiger partial charge is 0.338 e. The number of fused-ring (bicyclic) bond motifs is 12. The van der Waals surface area contributed by atoms with E-state index in [1.54, 1.807) is 5.56 Å². The molecule has 3 aliphatic heterocycles. The summed E-state index contributed by atoms with van der Waals surface area (Å²) in [6, 6.07) is 35.5. The summed E-state index contributed by atoms with van der Waals surface area (Å²) in [5.74, 6) is 0.666. The van der Waals surface area contributed by atoms with Crippen LogP contribution in [0, 0.1) is 0 Å². The number of benzene rings is 5. The lowest BCUT2D eigenvalue weighted by Crippen LogP contribution is -2.61. The predicted octanol–water partition coefficient (Wildman–Crippen LogP) is 6.26. The first kappa shape index (κ1) is 19.2. The van der Waals surface area contributed by atoms with Crippen LogP contribution in [0.2, 0.25) is 0 Å². The molecule has 2 nitrogen and oxygen atoms in total. The Bertz CT molecular complexity index is 1980. The van der Waals surface area contributed by atoms with Crippen molar-refractivity contribution in [3.8, 4) is 5.69 Å². The molecule has 10 rings (SSSR count). The third-order valence-corrected chi connectivity index (χ3v) is 9.98. The van der Waals surface area contributed by atoms with Gasteiger partial charge in [-0.15, -0.1) is 0 Å². The Balaban J connectivity index is 1.41. The van der Waals surface area contributed by atoms with Crippen LogP contribution in [0.5, 0.6) is 0 Å². The lowest BCUT2D eigenvalue weighted by molar-refractivity contribution is 0.402. The van der Waals surface area contributed by atoms with E-state index in [0.717, 1.165) is 0 Å². The lowest BCUT2D eigenvalue weighted by atomic mass is 9.34. The summed E-state index contributed by atoms with van der Waals surface area (Å²) in [7, 11) is 0. The second-order valence-corrected chi connectivity index (χ2v) is 11.5. The van der Waals surface area contributed by atoms with E-state index >= 15 is 0 Å². The lowest BCUT2D eigenvalue weighted by Gasteiger charge is -2.41. The van der Waals surface area contributed by atoms with Crippen molar-refractivity contribution >= 4 is 67.1 Å². The van der Waals surface area contributed by atoms with Crippen LogP contribution in [0.25, 0.3) is 38.3 Å². The molecule has 1 aliphatic carbocycles. The van der Waals surface area contributed by atoms with E-state index < -0.39 is 0 Å². The molecule has 4 heterocycles. The number of para-hydroxylation sites is 2. The van der Waals surface area contributed by atoms with E-state index in [1.165, 1.54) is 91.7 Å². The molecule has 0 amide bonds. The number of hydrogen-bond donors (Lipinski definition) is 0. The first-order valence-electron chi connectivity index (χ1n) is 13.9. The van der Waals surface area contributed by atoms with Gasteiger partial charge in [-0.1, -0.05) is 91.7 Å². The smallest absolute Gasteiger partial charge is 0.252 e. The summed E-state index contributed by atoms with van der Waals surface area (Å²) in [5.41, 5.74) is 13.2. The fourth-order valence-electron chi connectivity index (χ4n) is 8.69. The summed E-state index contributed by atoms with van der Waals surface area (Å²) in [6.45, 7) is 0.282. The maximum absolute atomic E-state index is 2.78. The molecule has 0 radical (unpaired) electrons. The molecule has 4 aliphatic rings. The van der Waals surface area contributed by atoms with E-state index in [4.69, 9.17) is 0 Å². The van der Waals surface area contributed by atoms with E-state index in [-0.39, 0.29) is 6.71 Å². The molecule has 37 heavy (non-hydrogen) atoms. The summed E-state index contributed by atoms with van der Waals surface area (Å²) in [4.78, 5) is 2.78. The molecule has 3 heteroatoms. The maximum Gasteiger partial charge on any atom is 0.252 e. The van der Waals surface area contributed by atoms with Gasteiger partial charge in [0.05, 0.1) is 5.52 Å². The summed E-state index contributed by atoms with van der Waals surface area (Å²) < 4.78 is 2.61. The molecule has 5 aromatic carbocycles. The third kappa shape index (κ3) is 2.11. The molecule has 0 bridgehead atoms. The zero-order chi connectivity index (χ0) is 23.8. The highest BCUT2D eigenvalue weighted by atomic mass is 15.2. The van der Waals surface area contributed by atoms with Crippen LogP contribution in [-0.2, 0) is 0 Å². The van der Waals surface area contributed by atoms with Gasteiger partial charge in [0.25, 0.3) is 6.71 Å². The monoisotopic (exact) mass is 472 g/mol. The second kappa shape index (κ2) is 6.47. The van der Waals surface area contributed by atoms with Crippen molar-refractivity contribution in [3.63, 3.8) is 0 Å². The highest BCUT2D eigenvalue weighted by Gasteiger charge is 2.49. The fourth-order valence-corrected chi connectivity index (χ4v) is 8.69. The second-order valence-electron chi connectivity index (χ2n) is 11.5. The van der Waals surface area contributed by atoms with Crippen LogP contribution in [0.15, 0.2) is 91.0 Å². The average Bonchev–Trinajstić information content (AvgIpc) is 3.48. The van der Waals surface area contributed by atoms with Crippen LogP contribution in [-0.4, -0.2) is 17.3 Å². The normalized spacial score (nSPS) is 20.4. The van der Waals surface area contributed by atoms with Gasteiger partial charge in [0.2, 0.25) is 0 Å². The minimum atomic E-state index is 0.282. The van der Waals surface area contributed by atoms with Gasteiger partial charge in [-0.2, -0.15) is 0 Å². The maximum atomic E-state index is 2.78. The van der Waals surface area contributed by atoms with Crippen molar-refractivity contribution in [1.82, 2.24) is 4.57 Å². The quantitative estimate of drug-likeness (QED) is 0.237. The molecule has 6 aromatic rings. The van der Waals surface area contributed by atoms with E-state index in [0.29, 0.717) is 12.0 Å². The average molecular weight is 472 g/mol. The van der Waals surface area contributed by atoms with Crippen molar-refractivity contribution < 1.29 is 0 Å². The predicted molar refractivity (Wildman–Crippen MR) is 157 cm³/mol. The minimum absolute atomic E-state index is 0.282. The molecule has 174 valence electrons. The molecule has 2 atom stereocenters. The first-order chi connectivity index (χ1) is 18.4. The molecular weight excluding hydrogens is 447 g/mol. The molecule has 1 saturated carbocycles. The highest BCUT2D eigenvalue weighted by Crippen LogP contribution is 2.52. The summed E-state index contributed by atoms with van der Waals surface area (Å²) >= 11 is 0. The van der Waals surface area contributed by atoms with Gasteiger partial charge in [0, 0.05) is 50.7 Å². The molecule has 0 spiro atoms. The number of rotatable bonds is 0. The Morgan fingerprint density at radius 3 is 2.41 bits per heavy atom. The fraction of sp³-hybridized carbons (Fsp3) is 0.176. The Kier molecular flexibility index (Phi) is 3.35. The zero-order valence-electron chi connectivity index (χ0n) is 20.6. The molecule has 1 aromatic heterocycles. The SMILES string of the molecule is c1cc2c3c(c1)C1CCCCC1N3c1cccc3c1B2c1cccc2c4ccc5ccccc5c4n-3c12. The van der Waals surface area contributed by atoms with Crippen LogP contribution < -0.4 is 21.3 Å². The Labute approximate surface area is 216 Å². The van der Waals surface area contributed by atoms with E-state index in [2.05, 4.69) is 100 Å². The Hall–Kier alpha value is -3.98. The van der Waals surface area contributed by atoms with E-state index in [1.807, 2.05) is 0 Å². The van der Waals surface area contributed by atoms with Crippen LogP contribution in [0.4, 0.5) is 11.4 Å². The molecular formula is C34H25BN2. The van der Waals surface area contributed by atoms with Gasteiger partial charge >= 0.3 is 0 Å². The molecule has 2 unspecified atom stereocenters. The zero-order valence-corrected chi connectivity index (χ0v) is 20.6. The van der Waals surface area contributed by atoms with Crippen molar-refractivity contribution in [2.45, 2.75) is 37.6 Å². The van der Waals surface area contributed by atoms with Gasteiger partial charge in [-0.3, -0.25) is 0 Å². The molecule has 0 N–H and O–H groups in total. The first-order valence-corrected chi connectivity index (χ1v) is 13.9. The summed E-state index contributed by atoms with van der Waals surface area (Å²) in [5, 5.41) is 5.38. The molecule has 0 saturated heterocycles. The number of anilines is 2. The van der Waals surface area contributed by atoms with Gasteiger partial charge in [-0.05, 0) is 52.3 Å². The third-order valence-electron chi connectivity index (χ3n) is 9.98. The van der Waals surface area contributed by atoms with Crippen LogP contribution in [0.3, 0.4) is 0 Å². The van der Waals surface area contributed by atoms with E-state index in [9.17, 15) is 0 Å². The van der Waals surface area contributed by atoms with Gasteiger partial charge in [0.15, 0.2) is 0 Å². The number of hydrogen-bond acceptors (Lipinski definition) is 1. The summed E-state index contributed by atoms with van der Waals surface area (Å²) in [6.07, 6.45) is 5.32.